The maximum atomic E-state index is 13.3. The predicted octanol–water partition coefficient (Wildman–Crippen LogP) is 3.45. The van der Waals surface area contributed by atoms with Crippen LogP contribution in [0.3, 0.4) is 0 Å². The maximum absolute atomic E-state index is 13.3. The molecule has 0 radical (unpaired) electrons. The Kier molecular flexibility index (Phi) is 4.87. The van der Waals surface area contributed by atoms with Crippen LogP contribution in [0.4, 0.5) is 5.13 Å². The van der Waals surface area contributed by atoms with Crippen LogP contribution in [0.2, 0.25) is 0 Å². The summed E-state index contributed by atoms with van der Waals surface area (Å²) < 4.78 is 3.07. The first-order chi connectivity index (χ1) is 15.5. The van der Waals surface area contributed by atoms with E-state index in [0.29, 0.717) is 16.4 Å². The molecule has 0 saturated heterocycles. The van der Waals surface area contributed by atoms with E-state index in [-0.39, 0.29) is 28.0 Å². The third-order valence-corrected chi connectivity index (χ3v) is 6.02. The number of carbonyl (C=O) groups is 1. The van der Waals surface area contributed by atoms with Crippen molar-refractivity contribution in [2.45, 2.75) is 13.0 Å². The largest absolute Gasteiger partial charge is 0.303 e. The highest BCUT2D eigenvalue weighted by molar-refractivity contribution is 7.13. The van der Waals surface area contributed by atoms with E-state index in [1.807, 2.05) is 37.3 Å². The van der Waals surface area contributed by atoms with Crippen LogP contribution >= 0.6 is 11.3 Å². The third kappa shape index (κ3) is 3.28. The molecule has 4 aromatic heterocycles. The van der Waals surface area contributed by atoms with Crippen LogP contribution < -0.4 is 16.4 Å². The van der Waals surface area contributed by atoms with E-state index in [0.717, 1.165) is 5.56 Å². The number of thiazole rings is 1. The molecule has 158 valence electrons. The molecule has 4 heterocycles. The lowest BCUT2D eigenvalue weighted by Crippen LogP contribution is -2.34. The van der Waals surface area contributed by atoms with Gasteiger partial charge in [-0.3, -0.25) is 24.7 Å². The van der Waals surface area contributed by atoms with Crippen molar-refractivity contribution in [3.8, 4) is 0 Å². The van der Waals surface area contributed by atoms with Gasteiger partial charge in [-0.05, 0) is 30.7 Å². The molecular weight excluding hydrogens is 424 g/mol. The van der Waals surface area contributed by atoms with Crippen LogP contribution in [0.25, 0.3) is 16.7 Å². The van der Waals surface area contributed by atoms with E-state index < -0.39 is 5.91 Å². The minimum absolute atomic E-state index is 0.0323. The Morgan fingerprint density at radius 2 is 1.94 bits per heavy atom. The van der Waals surface area contributed by atoms with Crippen molar-refractivity contribution in [3.05, 3.63) is 99.3 Å². The SMILES string of the molecule is CC(c1ccccc1)n1c(=N)c(C(=O)Nc2nccs2)cc2c(=O)n3ccccc3nc21. The lowest BCUT2D eigenvalue weighted by molar-refractivity contribution is 0.102. The van der Waals surface area contributed by atoms with E-state index in [1.165, 1.54) is 21.8 Å². The fraction of sp³-hybridized carbons (Fsp3) is 0.0870. The highest BCUT2D eigenvalue weighted by Gasteiger charge is 2.21. The van der Waals surface area contributed by atoms with Gasteiger partial charge in [0, 0.05) is 17.8 Å². The molecular formula is C23H18N6O2S. The first-order valence-electron chi connectivity index (χ1n) is 9.91. The van der Waals surface area contributed by atoms with E-state index in [2.05, 4.69) is 15.3 Å². The number of hydrogen-bond donors (Lipinski definition) is 2. The molecule has 0 spiro atoms. The number of carbonyl (C=O) groups excluding carboxylic acids is 1. The van der Waals surface area contributed by atoms with Gasteiger partial charge < -0.3 is 4.57 Å². The van der Waals surface area contributed by atoms with Crippen LogP contribution in [0, 0.1) is 5.41 Å². The summed E-state index contributed by atoms with van der Waals surface area (Å²) in [4.78, 5) is 35.1. The number of aromatic nitrogens is 4. The Bertz CT molecular complexity index is 1570. The minimum atomic E-state index is -0.501. The molecule has 5 rings (SSSR count). The quantitative estimate of drug-likeness (QED) is 0.416. The second-order valence-corrected chi connectivity index (χ2v) is 8.13. The third-order valence-electron chi connectivity index (χ3n) is 5.33. The van der Waals surface area contributed by atoms with E-state index in [1.54, 1.807) is 40.5 Å². The zero-order chi connectivity index (χ0) is 22.2. The first-order valence-corrected chi connectivity index (χ1v) is 10.8. The fourth-order valence-corrected chi connectivity index (χ4v) is 4.25. The predicted molar refractivity (Wildman–Crippen MR) is 123 cm³/mol. The molecule has 1 aromatic carbocycles. The summed E-state index contributed by atoms with van der Waals surface area (Å²) in [5, 5.41) is 14.0. The van der Waals surface area contributed by atoms with Crippen LogP contribution in [0.1, 0.15) is 28.9 Å². The van der Waals surface area contributed by atoms with Gasteiger partial charge in [-0.15, -0.1) is 11.3 Å². The molecule has 0 aliphatic carbocycles. The minimum Gasteiger partial charge on any atom is -0.303 e. The molecule has 5 aromatic rings. The second-order valence-electron chi connectivity index (χ2n) is 7.24. The average Bonchev–Trinajstić information content (AvgIpc) is 3.32. The Morgan fingerprint density at radius 1 is 1.16 bits per heavy atom. The van der Waals surface area contributed by atoms with Gasteiger partial charge >= 0.3 is 0 Å². The standard InChI is InChI=1S/C23H18N6O2S/c1-14(15-7-3-2-4-8-15)29-19(24)16(21(30)27-23-25-10-12-32-23)13-17-20(29)26-18-9-5-6-11-28(18)22(17)31/h2-14,24H,1H3,(H,25,27,30). The monoisotopic (exact) mass is 442 g/mol. The summed E-state index contributed by atoms with van der Waals surface area (Å²) in [6.45, 7) is 1.92. The summed E-state index contributed by atoms with van der Waals surface area (Å²) in [5.74, 6) is -0.501. The van der Waals surface area contributed by atoms with E-state index >= 15 is 0 Å². The molecule has 0 fully saturated rings. The smallest absolute Gasteiger partial charge is 0.267 e. The molecule has 32 heavy (non-hydrogen) atoms. The van der Waals surface area contributed by atoms with Crippen molar-refractivity contribution < 1.29 is 4.79 Å². The summed E-state index contributed by atoms with van der Waals surface area (Å²) in [6.07, 6.45) is 3.22. The highest BCUT2D eigenvalue weighted by Crippen LogP contribution is 2.21. The van der Waals surface area contributed by atoms with Gasteiger partial charge in [0.15, 0.2) is 5.13 Å². The number of benzene rings is 1. The Balaban J connectivity index is 1.82. The fourth-order valence-electron chi connectivity index (χ4n) is 3.73. The van der Waals surface area contributed by atoms with Crippen molar-refractivity contribution >= 4 is 39.1 Å². The summed E-state index contributed by atoms with van der Waals surface area (Å²) >= 11 is 1.28. The van der Waals surface area contributed by atoms with Crippen molar-refractivity contribution in [1.29, 1.82) is 5.41 Å². The molecule has 1 unspecified atom stereocenters. The zero-order valence-corrected chi connectivity index (χ0v) is 17.8. The number of rotatable bonds is 4. The van der Waals surface area contributed by atoms with Crippen LogP contribution in [0.15, 0.2) is 77.2 Å². The summed E-state index contributed by atoms with van der Waals surface area (Å²) in [6, 6.07) is 16.0. The molecule has 1 atom stereocenters. The highest BCUT2D eigenvalue weighted by atomic mass is 32.1. The number of amides is 1. The lowest BCUT2D eigenvalue weighted by Gasteiger charge is -2.20. The van der Waals surface area contributed by atoms with Crippen LogP contribution in [-0.2, 0) is 0 Å². The van der Waals surface area contributed by atoms with Crippen molar-refractivity contribution in [2.75, 3.05) is 5.32 Å². The molecule has 8 nitrogen and oxygen atoms in total. The molecule has 9 heteroatoms. The Labute approximate surface area is 186 Å². The van der Waals surface area contributed by atoms with Crippen molar-refractivity contribution in [1.82, 2.24) is 18.9 Å². The molecule has 1 amide bonds. The van der Waals surface area contributed by atoms with Gasteiger partial charge in [0.25, 0.3) is 11.5 Å². The molecule has 0 bridgehead atoms. The number of anilines is 1. The Hall–Kier alpha value is -4.11. The number of fused-ring (bicyclic) bond motifs is 2. The van der Waals surface area contributed by atoms with E-state index in [9.17, 15) is 9.59 Å². The summed E-state index contributed by atoms with van der Waals surface area (Å²) in [7, 11) is 0. The lowest BCUT2D eigenvalue weighted by atomic mass is 10.1. The number of nitrogens with one attached hydrogen (secondary N) is 2. The van der Waals surface area contributed by atoms with Crippen molar-refractivity contribution in [2.24, 2.45) is 0 Å². The maximum Gasteiger partial charge on any atom is 0.267 e. The normalized spacial score (nSPS) is 12.2. The number of hydrogen-bond acceptors (Lipinski definition) is 6. The first kappa shape index (κ1) is 19.8. The molecule has 2 N–H and O–H groups in total. The molecule has 0 aliphatic heterocycles. The van der Waals surface area contributed by atoms with E-state index in [4.69, 9.17) is 5.41 Å². The topological polar surface area (TPSA) is 105 Å². The average molecular weight is 443 g/mol. The van der Waals surface area contributed by atoms with Gasteiger partial charge in [-0.2, -0.15) is 0 Å². The van der Waals surface area contributed by atoms with Gasteiger partial charge in [-0.1, -0.05) is 36.4 Å². The second kappa shape index (κ2) is 7.86. The van der Waals surface area contributed by atoms with Gasteiger partial charge in [-0.25, -0.2) is 9.97 Å². The zero-order valence-electron chi connectivity index (χ0n) is 17.0. The van der Waals surface area contributed by atoms with Gasteiger partial charge in [0.1, 0.15) is 16.8 Å². The summed E-state index contributed by atoms with van der Waals surface area (Å²) in [5.41, 5.74) is 1.50. The van der Waals surface area contributed by atoms with Crippen LogP contribution in [0.5, 0.6) is 0 Å². The van der Waals surface area contributed by atoms with Gasteiger partial charge in [0.2, 0.25) is 0 Å². The number of nitrogens with zero attached hydrogens (tertiary/aromatic N) is 4. The molecule has 0 aliphatic rings. The molecule has 0 saturated carbocycles. The Morgan fingerprint density at radius 3 is 2.69 bits per heavy atom. The van der Waals surface area contributed by atoms with Gasteiger partial charge in [0.05, 0.1) is 17.0 Å². The number of pyridine rings is 2. The van der Waals surface area contributed by atoms with Crippen molar-refractivity contribution in [3.63, 3.8) is 0 Å². The van der Waals surface area contributed by atoms with Crippen LogP contribution in [-0.4, -0.2) is 24.8 Å².